The highest BCUT2D eigenvalue weighted by Crippen LogP contribution is 2.37. The maximum atomic E-state index is 13.0. The number of benzene rings is 1. The van der Waals surface area contributed by atoms with Gasteiger partial charge in [0.25, 0.3) is 5.91 Å². The molecule has 1 atom stereocenters. The van der Waals surface area contributed by atoms with Gasteiger partial charge < -0.3 is 20.9 Å². The minimum Gasteiger partial charge on any atom is -0.491 e. The Balaban J connectivity index is 0.000000454. The summed E-state index contributed by atoms with van der Waals surface area (Å²) in [5.74, 6) is -2.45. The zero-order chi connectivity index (χ0) is 26.8. The van der Waals surface area contributed by atoms with Gasteiger partial charge in [-0.1, -0.05) is 11.6 Å². The van der Waals surface area contributed by atoms with E-state index in [4.69, 9.17) is 32.0 Å². The molecule has 3 heterocycles. The minimum atomic E-state index is -5.08. The van der Waals surface area contributed by atoms with E-state index in [-0.39, 0.29) is 17.3 Å². The first kappa shape index (κ1) is 26.5. The third-order valence-electron chi connectivity index (χ3n) is 4.84. The highest BCUT2D eigenvalue weighted by Gasteiger charge is 2.38. The van der Waals surface area contributed by atoms with Crippen LogP contribution < -0.4 is 15.8 Å². The predicted octanol–water partition coefficient (Wildman–Crippen LogP) is 3.37. The number of anilines is 1. The number of nitrogens with two attached hydrogens (primary N) is 1. The molecule has 15 heteroatoms. The maximum absolute atomic E-state index is 13.0. The number of aliphatic carboxylic acids is 1. The number of aryl methyl sites for hydroxylation is 1. The van der Waals surface area contributed by atoms with E-state index in [9.17, 15) is 18.0 Å². The molecule has 4 rings (SSSR count). The summed E-state index contributed by atoms with van der Waals surface area (Å²) in [5, 5.41) is 20.0. The maximum Gasteiger partial charge on any atom is 0.490 e. The fraction of sp³-hybridized carbons (Fsp3) is 0.286. The topological polar surface area (TPSA) is 150 Å². The van der Waals surface area contributed by atoms with Crippen molar-refractivity contribution in [2.75, 3.05) is 12.3 Å². The minimum absolute atomic E-state index is 0.108. The predicted molar refractivity (Wildman–Crippen MR) is 124 cm³/mol. The second-order valence-corrected chi connectivity index (χ2v) is 7.83. The van der Waals surface area contributed by atoms with Crippen molar-refractivity contribution < 1.29 is 32.6 Å². The summed E-state index contributed by atoms with van der Waals surface area (Å²) in [7, 11) is 1.82. The lowest BCUT2D eigenvalue weighted by molar-refractivity contribution is -0.192. The van der Waals surface area contributed by atoms with Gasteiger partial charge in [0, 0.05) is 36.6 Å². The van der Waals surface area contributed by atoms with Crippen LogP contribution in [0.2, 0.25) is 5.02 Å². The molecule has 192 valence electrons. The number of nitrogens with zero attached hydrogens (tertiary/aromatic N) is 5. The lowest BCUT2D eigenvalue weighted by atomic mass is 10.0. The fourth-order valence-corrected chi connectivity index (χ4v) is 3.59. The molecule has 0 fully saturated rings. The van der Waals surface area contributed by atoms with Gasteiger partial charge in [-0.25, -0.2) is 14.3 Å². The normalized spacial score (nSPS) is 12.2. The number of hydrogen-bond donors (Lipinski definition) is 3. The number of halogens is 4. The number of carbonyl (C=O) groups excluding carboxylic acids is 1. The van der Waals surface area contributed by atoms with Crippen LogP contribution in [0, 0.1) is 0 Å². The van der Waals surface area contributed by atoms with Gasteiger partial charge in [0.15, 0.2) is 17.2 Å². The molecule has 4 N–H and O–H groups in total. The van der Waals surface area contributed by atoms with Gasteiger partial charge in [0.2, 0.25) is 0 Å². The van der Waals surface area contributed by atoms with Gasteiger partial charge >= 0.3 is 12.1 Å². The van der Waals surface area contributed by atoms with Gasteiger partial charge in [0.1, 0.15) is 11.1 Å². The van der Waals surface area contributed by atoms with Crippen molar-refractivity contribution in [3.05, 3.63) is 46.9 Å². The summed E-state index contributed by atoms with van der Waals surface area (Å²) in [6.45, 7) is 4.18. The van der Waals surface area contributed by atoms with Crippen LogP contribution in [0.4, 0.5) is 19.0 Å². The second kappa shape index (κ2) is 10.3. The number of nitrogen functional groups attached to an aromatic ring is 1. The van der Waals surface area contributed by atoms with Gasteiger partial charge in [-0.15, -0.1) is 5.10 Å². The smallest absolute Gasteiger partial charge is 0.490 e. The van der Waals surface area contributed by atoms with Crippen LogP contribution in [0.5, 0.6) is 5.75 Å². The van der Waals surface area contributed by atoms with E-state index >= 15 is 0 Å². The third-order valence-corrected chi connectivity index (χ3v) is 5.15. The van der Waals surface area contributed by atoms with Crippen LogP contribution in [0.15, 0.2) is 30.7 Å². The van der Waals surface area contributed by atoms with Crippen molar-refractivity contribution in [1.29, 1.82) is 0 Å². The van der Waals surface area contributed by atoms with Crippen LogP contribution in [0.1, 0.15) is 35.8 Å². The Morgan fingerprint density at radius 2 is 2.00 bits per heavy atom. The van der Waals surface area contributed by atoms with Crippen LogP contribution in [-0.4, -0.2) is 54.1 Å². The van der Waals surface area contributed by atoms with Crippen LogP contribution >= 0.6 is 11.6 Å². The highest BCUT2D eigenvalue weighted by molar-refractivity contribution is 6.35. The number of amides is 1. The van der Waals surface area contributed by atoms with E-state index in [2.05, 4.69) is 20.5 Å². The molecule has 3 aromatic heterocycles. The summed E-state index contributed by atoms with van der Waals surface area (Å²) in [6.07, 6.45) is 0.0120. The molecule has 0 radical (unpaired) electrons. The van der Waals surface area contributed by atoms with E-state index < -0.39 is 18.2 Å². The highest BCUT2D eigenvalue weighted by atomic mass is 35.5. The first-order valence-corrected chi connectivity index (χ1v) is 10.7. The monoisotopic (exact) mass is 527 g/mol. The molecule has 1 unspecified atom stereocenters. The summed E-state index contributed by atoms with van der Waals surface area (Å²) < 4.78 is 40.8. The summed E-state index contributed by atoms with van der Waals surface area (Å²) in [6, 6.07) is 3.08. The molecule has 0 bridgehead atoms. The molecule has 36 heavy (non-hydrogen) atoms. The quantitative estimate of drug-likeness (QED) is 0.357. The van der Waals surface area contributed by atoms with Gasteiger partial charge in [0.05, 0.1) is 17.7 Å². The Hall–Kier alpha value is -4.07. The van der Waals surface area contributed by atoms with Gasteiger partial charge in [-0.2, -0.15) is 18.3 Å². The van der Waals surface area contributed by atoms with E-state index in [1.165, 1.54) is 4.52 Å². The average Bonchev–Trinajstić information content (AvgIpc) is 3.34. The molecule has 0 aliphatic rings. The van der Waals surface area contributed by atoms with Crippen LogP contribution in [-0.2, 0) is 11.8 Å². The number of ether oxygens (including phenoxy) is 1. The molecular weight excluding hydrogens is 507 g/mol. The fourth-order valence-electron chi connectivity index (χ4n) is 3.33. The van der Waals surface area contributed by atoms with Crippen LogP contribution in [0.25, 0.3) is 16.6 Å². The number of nitrogens with one attached hydrogen (secondary N) is 1. The molecule has 0 saturated carbocycles. The van der Waals surface area contributed by atoms with Gasteiger partial charge in [-0.05, 0) is 26.0 Å². The number of aromatic nitrogens is 5. The first-order chi connectivity index (χ1) is 16.8. The first-order valence-electron chi connectivity index (χ1n) is 10.3. The van der Waals surface area contributed by atoms with Crippen molar-refractivity contribution in [3.63, 3.8) is 0 Å². The van der Waals surface area contributed by atoms with E-state index in [0.717, 1.165) is 10.9 Å². The second-order valence-electron chi connectivity index (χ2n) is 7.42. The molecule has 0 spiro atoms. The molecule has 0 saturated heterocycles. The Kier molecular flexibility index (Phi) is 7.57. The Labute approximate surface area is 206 Å². The largest absolute Gasteiger partial charge is 0.491 e. The number of fused-ring (bicyclic) bond motifs is 2. The molecule has 0 aliphatic carbocycles. The average molecular weight is 528 g/mol. The molecule has 4 aromatic rings. The number of rotatable bonds is 5. The summed E-state index contributed by atoms with van der Waals surface area (Å²) in [5.41, 5.74) is 7.94. The number of carboxylic acid groups (broad SMARTS) is 1. The lowest BCUT2D eigenvalue weighted by Crippen LogP contribution is -2.27. The number of alkyl halides is 3. The Morgan fingerprint density at radius 3 is 2.61 bits per heavy atom. The van der Waals surface area contributed by atoms with Crippen molar-refractivity contribution in [2.24, 2.45) is 7.05 Å². The number of hydrogen-bond acceptors (Lipinski definition) is 7. The third kappa shape index (κ3) is 5.43. The van der Waals surface area contributed by atoms with E-state index in [1.807, 2.05) is 27.1 Å². The zero-order valence-corrected chi connectivity index (χ0v) is 19.9. The van der Waals surface area contributed by atoms with Crippen LogP contribution in [0.3, 0.4) is 0 Å². The van der Waals surface area contributed by atoms with Crippen molar-refractivity contribution in [1.82, 2.24) is 29.7 Å². The summed E-state index contributed by atoms with van der Waals surface area (Å²) in [4.78, 5) is 26.1. The lowest BCUT2D eigenvalue weighted by Gasteiger charge is -2.19. The Bertz CT molecular complexity index is 1430. The molecular formula is C21H21ClF3N7O4. The van der Waals surface area contributed by atoms with Gasteiger partial charge in [-0.3, -0.25) is 9.48 Å². The summed E-state index contributed by atoms with van der Waals surface area (Å²) >= 11 is 6.47. The van der Waals surface area contributed by atoms with Crippen molar-refractivity contribution in [2.45, 2.75) is 26.1 Å². The van der Waals surface area contributed by atoms with Crippen molar-refractivity contribution in [3.8, 4) is 5.75 Å². The zero-order valence-electron chi connectivity index (χ0n) is 19.2. The Morgan fingerprint density at radius 1 is 1.33 bits per heavy atom. The SMILES string of the molecule is CCOc1c(C(C)NC(=O)c2c(N)nn3cccnc23)cc(Cl)c2cn(C)nc12.O=C(O)C(F)(F)F. The van der Waals surface area contributed by atoms with E-state index in [0.29, 0.717) is 28.5 Å². The molecule has 1 amide bonds. The number of carbonyl (C=O) groups is 2. The molecule has 1 aromatic carbocycles. The molecule has 11 nitrogen and oxygen atoms in total. The number of carboxylic acids is 1. The van der Waals surface area contributed by atoms with E-state index in [1.54, 1.807) is 29.2 Å². The standard InChI is InChI=1S/C19H20ClN7O2.C2HF3O2/c1-4-29-16-11(8-13(20)12-9-26(3)24-15(12)16)10(2)23-19(28)14-17(21)25-27-7-5-6-22-18(14)27;3-2(4,5)1(6)7/h5-10H,4H2,1-3H3,(H2,21,25)(H,23,28);(H,6,7). The molecule has 0 aliphatic heterocycles. The van der Waals surface area contributed by atoms with Crippen molar-refractivity contribution >= 4 is 45.8 Å².